The SMILES string of the molecule is CCCCCCCCCCCCCCCCCCOc1ccc(C=Cc2ccc(S(=O)(=O)CCCCCCCCCCCCO)cc2)cc1. The molecule has 0 aliphatic heterocycles. The van der Waals surface area contributed by atoms with Crippen molar-refractivity contribution in [3.05, 3.63) is 59.7 Å². The quantitative estimate of drug-likeness (QED) is 0.0596. The summed E-state index contributed by atoms with van der Waals surface area (Å²) in [6, 6.07) is 15.4. The van der Waals surface area contributed by atoms with Gasteiger partial charge in [-0.2, -0.15) is 0 Å². The van der Waals surface area contributed by atoms with Crippen molar-refractivity contribution in [2.75, 3.05) is 19.0 Å². The molecule has 2 aromatic carbocycles. The van der Waals surface area contributed by atoms with Gasteiger partial charge < -0.3 is 9.84 Å². The molecule has 0 heterocycles. The van der Waals surface area contributed by atoms with Crippen LogP contribution in [-0.4, -0.2) is 32.5 Å². The highest BCUT2D eigenvalue weighted by molar-refractivity contribution is 7.91. The molecule has 0 saturated heterocycles. The van der Waals surface area contributed by atoms with Crippen molar-refractivity contribution in [3.63, 3.8) is 0 Å². The summed E-state index contributed by atoms with van der Waals surface area (Å²) in [5.74, 6) is 1.13. The first kappa shape index (κ1) is 43.1. The number of unbranched alkanes of at least 4 members (excludes halogenated alkanes) is 24. The molecule has 5 heteroatoms. The number of aliphatic hydroxyl groups excluding tert-OH is 1. The Morgan fingerprint density at radius 3 is 1.29 bits per heavy atom. The zero-order chi connectivity index (χ0) is 35.1. The number of aliphatic hydroxyl groups is 1. The maximum atomic E-state index is 12.8. The van der Waals surface area contributed by atoms with Gasteiger partial charge in [-0.3, -0.25) is 0 Å². The van der Waals surface area contributed by atoms with Crippen LogP contribution in [0.1, 0.15) is 185 Å². The second kappa shape index (κ2) is 29.6. The first-order valence-electron chi connectivity index (χ1n) is 20.4. The summed E-state index contributed by atoms with van der Waals surface area (Å²) in [6.07, 6.45) is 37.0. The molecule has 49 heavy (non-hydrogen) atoms. The van der Waals surface area contributed by atoms with Crippen LogP contribution in [0, 0.1) is 0 Å². The van der Waals surface area contributed by atoms with E-state index in [9.17, 15) is 8.42 Å². The van der Waals surface area contributed by atoms with Gasteiger partial charge >= 0.3 is 0 Å². The molecule has 0 atom stereocenters. The molecule has 2 rings (SSSR count). The Kier molecular flexibility index (Phi) is 26.0. The van der Waals surface area contributed by atoms with Gasteiger partial charge in [0.25, 0.3) is 0 Å². The van der Waals surface area contributed by atoms with Crippen LogP contribution in [0.15, 0.2) is 53.4 Å². The Morgan fingerprint density at radius 1 is 0.490 bits per heavy atom. The fraction of sp³-hybridized carbons (Fsp3) is 0.682. The summed E-state index contributed by atoms with van der Waals surface area (Å²) < 4.78 is 31.6. The van der Waals surface area contributed by atoms with Gasteiger partial charge in [-0.05, 0) is 54.7 Å². The van der Waals surface area contributed by atoms with Crippen molar-refractivity contribution in [2.45, 2.75) is 179 Å². The summed E-state index contributed by atoms with van der Waals surface area (Å²) in [6.45, 7) is 3.36. The molecule has 0 aromatic heterocycles. The maximum absolute atomic E-state index is 12.8. The second-order valence-corrected chi connectivity index (χ2v) is 16.3. The number of hydrogen-bond donors (Lipinski definition) is 1. The van der Waals surface area contributed by atoms with Crippen molar-refractivity contribution in [2.24, 2.45) is 0 Å². The highest BCUT2D eigenvalue weighted by atomic mass is 32.2. The minimum Gasteiger partial charge on any atom is -0.494 e. The van der Waals surface area contributed by atoms with Gasteiger partial charge in [-0.15, -0.1) is 0 Å². The van der Waals surface area contributed by atoms with E-state index >= 15 is 0 Å². The van der Waals surface area contributed by atoms with Gasteiger partial charge in [0.15, 0.2) is 9.84 Å². The van der Waals surface area contributed by atoms with Crippen LogP contribution < -0.4 is 4.74 Å². The normalized spacial score (nSPS) is 11.9. The average Bonchev–Trinajstić information content (AvgIpc) is 3.11. The molecular formula is C44H72O4S. The summed E-state index contributed by atoms with van der Waals surface area (Å²) >= 11 is 0. The van der Waals surface area contributed by atoms with Crippen LogP contribution in [0.25, 0.3) is 12.2 Å². The molecular weight excluding hydrogens is 625 g/mol. The van der Waals surface area contributed by atoms with E-state index in [1.807, 2.05) is 30.3 Å². The fourth-order valence-corrected chi connectivity index (χ4v) is 7.80. The van der Waals surface area contributed by atoms with Crippen LogP contribution >= 0.6 is 0 Å². The molecule has 0 unspecified atom stereocenters. The van der Waals surface area contributed by atoms with Gasteiger partial charge in [0.2, 0.25) is 0 Å². The third-order valence-electron chi connectivity index (χ3n) is 9.68. The van der Waals surface area contributed by atoms with E-state index in [2.05, 4.69) is 25.1 Å². The van der Waals surface area contributed by atoms with E-state index in [1.54, 1.807) is 12.1 Å². The summed E-state index contributed by atoms with van der Waals surface area (Å²) in [5, 5.41) is 8.82. The topological polar surface area (TPSA) is 63.6 Å². The molecule has 4 nitrogen and oxygen atoms in total. The molecule has 2 aromatic rings. The van der Waals surface area contributed by atoms with E-state index in [4.69, 9.17) is 9.84 Å². The molecule has 0 bridgehead atoms. The third kappa shape index (κ3) is 23.1. The van der Waals surface area contributed by atoms with Crippen LogP contribution in [0.5, 0.6) is 5.75 Å². The smallest absolute Gasteiger partial charge is 0.178 e. The van der Waals surface area contributed by atoms with Crippen molar-refractivity contribution in [3.8, 4) is 5.75 Å². The molecule has 0 aliphatic carbocycles. The first-order valence-corrected chi connectivity index (χ1v) is 22.0. The lowest BCUT2D eigenvalue weighted by molar-refractivity contribution is 0.282. The monoisotopic (exact) mass is 697 g/mol. The predicted octanol–water partition coefficient (Wildman–Crippen LogP) is 13.2. The fourth-order valence-electron chi connectivity index (χ4n) is 6.43. The zero-order valence-corrected chi connectivity index (χ0v) is 32.2. The number of hydrogen-bond acceptors (Lipinski definition) is 4. The standard InChI is InChI=1S/C44H72O4S/c1-2-3-4-5-6-7-8-9-10-11-12-14-17-20-23-26-39-48-43-34-30-41(31-35-43)28-29-42-32-36-44(37-33-42)49(46,47)40-27-24-21-18-15-13-16-19-22-25-38-45/h28-37,45H,2-27,38-40H2,1H3. The van der Waals surface area contributed by atoms with E-state index in [0.717, 1.165) is 62.0 Å². The van der Waals surface area contributed by atoms with E-state index in [0.29, 0.717) is 11.5 Å². The zero-order valence-electron chi connectivity index (χ0n) is 31.4. The van der Waals surface area contributed by atoms with Gasteiger partial charge in [-0.25, -0.2) is 8.42 Å². The number of rotatable bonds is 33. The molecule has 0 fully saturated rings. The Labute approximate surface area is 302 Å². The highest BCUT2D eigenvalue weighted by Crippen LogP contribution is 2.19. The molecule has 0 amide bonds. The molecule has 0 saturated carbocycles. The highest BCUT2D eigenvalue weighted by Gasteiger charge is 2.13. The van der Waals surface area contributed by atoms with Gasteiger partial charge in [0, 0.05) is 6.61 Å². The molecule has 278 valence electrons. The lowest BCUT2D eigenvalue weighted by Crippen LogP contribution is -2.06. The molecule has 0 spiro atoms. The van der Waals surface area contributed by atoms with Crippen LogP contribution in [0.2, 0.25) is 0 Å². The molecule has 0 aliphatic rings. The maximum Gasteiger partial charge on any atom is 0.178 e. The summed E-state index contributed by atoms with van der Waals surface area (Å²) in [5.41, 5.74) is 2.08. The summed E-state index contributed by atoms with van der Waals surface area (Å²) in [4.78, 5) is 0.415. The lowest BCUT2D eigenvalue weighted by atomic mass is 10.0. The van der Waals surface area contributed by atoms with E-state index in [1.165, 1.54) is 128 Å². The van der Waals surface area contributed by atoms with Crippen LogP contribution in [-0.2, 0) is 9.84 Å². The largest absolute Gasteiger partial charge is 0.494 e. The average molecular weight is 697 g/mol. The van der Waals surface area contributed by atoms with Crippen molar-refractivity contribution < 1.29 is 18.3 Å². The van der Waals surface area contributed by atoms with Gasteiger partial charge in [-0.1, -0.05) is 191 Å². The number of ether oxygens (including phenoxy) is 1. The Morgan fingerprint density at radius 2 is 0.857 bits per heavy atom. The number of benzene rings is 2. The number of sulfone groups is 1. The van der Waals surface area contributed by atoms with E-state index < -0.39 is 9.84 Å². The minimum atomic E-state index is -3.24. The first-order chi connectivity index (χ1) is 24.0. The predicted molar refractivity (Wildman–Crippen MR) is 212 cm³/mol. The Bertz CT molecular complexity index is 1150. The van der Waals surface area contributed by atoms with Crippen LogP contribution in [0.4, 0.5) is 0 Å². The lowest BCUT2D eigenvalue weighted by Gasteiger charge is -2.07. The van der Waals surface area contributed by atoms with Crippen molar-refractivity contribution in [1.82, 2.24) is 0 Å². The van der Waals surface area contributed by atoms with Crippen molar-refractivity contribution in [1.29, 1.82) is 0 Å². The van der Waals surface area contributed by atoms with E-state index in [-0.39, 0.29) is 5.75 Å². The van der Waals surface area contributed by atoms with Gasteiger partial charge in [0.1, 0.15) is 5.75 Å². The van der Waals surface area contributed by atoms with Crippen LogP contribution in [0.3, 0.4) is 0 Å². The second-order valence-electron chi connectivity index (χ2n) is 14.2. The summed E-state index contributed by atoms with van der Waals surface area (Å²) in [7, 11) is -3.24. The Balaban J connectivity index is 1.50. The molecule has 1 N–H and O–H groups in total. The third-order valence-corrected chi connectivity index (χ3v) is 11.5. The molecule has 0 radical (unpaired) electrons. The van der Waals surface area contributed by atoms with Gasteiger partial charge in [0.05, 0.1) is 17.3 Å². The van der Waals surface area contributed by atoms with Crippen molar-refractivity contribution >= 4 is 22.0 Å². The Hall–Kier alpha value is -2.11. The minimum absolute atomic E-state index is 0.219.